The van der Waals surface area contributed by atoms with Gasteiger partial charge in [-0.3, -0.25) is 4.57 Å². The van der Waals surface area contributed by atoms with E-state index in [1.54, 1.807) is 18.2 Å². The van der Waals surface area contributed by atoms with E-state index >= 15 is 0 Å². The highest BCUT2D eigenvalue weighted by atomic mass is 16.6. The van der Waals surface area contributed by atoms with Gasteiger partial charge in [0.25, 0.3) is 0 Å². The Labute approximate surface area is 217 Å². The number of rotatable bonds is 8. The molecule has 1 aromatic heterocycles. The molecule has 1 saturated heterocycles. The number of aromatic nitrogens is 2. The van der Waals surface area contributed by atoms with Crippen LogP contribution in [0.5, 0.6) is 17.2 Å². The third-order valence-corrected chi connectivity index (χ3v) is 6.18. The largest absolute Gasteiger partial charge is 0.489 e. The van der Waals surface area contributed by atoms with E-state index in [-0.39, 0.29) is 44.4 Å². The summed E-state index contributed by atoms with van der Waals surface area (Å²) in [6, 6.07) is 12.9. The fourth-order valence-electron chi connectivity index (χ4n) is 4.15. The van der Waals surface area contributed by atoms with Gasteiger partial charge in [0.15, 0.2) is 17.3 Å². The molecule has 2 aliphatic rings. The van der Waals surface area contributed by atoms with Crippen LogP contribution in [-0.2, 0) is 16.1 Å². The first-order chi connectivity index (χ1) is 18.4. The molecule has 0 spiro atoms. The maximum Gasteiger partial charge on any atom is 0.407 e. The smallest absolute Gasteiger partial charge is 0.407 e. The third kappa shape index (κ3) is 5.57. The van der Waals surface area contributed by atoms with Gasteiger partial charge in [0.2, 0.25) is 0 Å². The molecule has 2 aromatic carbocycles. The van der Waals surface area contributed by atoms with Gasteiger partial charge in [-0.1, -0.05) is 35.9 Å². The average molecular weight is 525 g/mol. The predicted molar refractivity (Wildman–Crippen MR) is 135 cm³/mol. The van der Waals surface area contributed by atoms with Crippen molar-refractivity contribution in [3.8, 4) is 17.2 Å². The monoisotopic (exact) mass is 524 g/mol. The molecule has 0 bridgehead atoms. The van der Waals surface area contributed by atoms with Crippen LogP contribution >= 0.6 is 0 Å². The minimum Gasteiger partial charge on any atom is -0.489 e. The van der Waals surface area contributed by atoms with Crippen LogP contribution in [0.2, 0.25) is 0 Å². The number of alkyl carbamates (subject to hydrolysis) is 1. The fraction of sp³-hybridized carbons (Fsp3) is 0.346. The van der Waals surface area contributed by atoms with Gasteiger partial charge in [-0.2, -0.15) is 4.98 Å². The normalized spacial score (nSPS) is 19.5. The standard InChI is InChI=1S/C26H28N4O8/c1-15-5-7-16(8-6-15)14-36-26(34)27-9-10-35-18-3-2-4-19-23(18)28-24-20(37-19)12-30(25(33)29-24)22-11-17(32)21(13-31)38-22/h2-8,12,17,21-22,31-32H,9-11,13-14H2,1H3,(H,27,34)(H,28,29,33)/t17-,21-,22-/m1/s1. The first-order valence-corrected chi connectivity index (χ1v) is 12.2. The number of nitrogens with zero attached hydrogens (tertiary/aromatic N) is 2. The molecular weight excluding hydrogens is 496 g/mol. The fourth-order valence-corrected chi connectivity index (χ4v) is 4.15. The van der Waals surface area contributed by atoms with Crippen molar-refractivity contribution in [2.45, 2.75) is 38.4 Å². The Kier molecular flexibility index (Phi) is 7.45. The maximum absolute atomic E-state index is 12.7. The molecule has 200 valence electrons. The lowest BCUT2D eigenvalue weighted by Gasteiger charge is -2.24. The van der Waals surface area contributed by atoms with Gasteiger partial charge < -0.3 is 39.8 Å². The van der Waals surface area contributed by atoms with Crippen molar-refractivity contribution in [3.63, 3.8) is 0 Å². The molecule has 12 nitrogen and oxygen atoms in total. The second kappa shape index (κ2) is 11.1. The number of para-hydroxylation sites is 1. The van der Waals surface area contributed by atoms with Crippen LogP contribution in [0.15, 0.2) is 53.5 Å². The number of nitrogens with one attached hydrogen (secondary N) is 2. The number of ether oxygens (including phenoxy) is 4. The Morgan fingerprint density at radius 3 is 2.82 bits per heavy atom. The SMILES string of the molecule is Cc1ccc(COC(=O)NCCOc2cccc3c2Nc2nc(=O)n([C@H]4C[C@@H](O)[C@@H](CO)O4)cc2O3)cc1. The van der Waals surface area contributed by atoms with E-state index in [0.29, 0.717) is 17.2 Å². The number of anilines is 2. The van der Waals surface area contributed by atoms with Gasteiger partial charge in [0.1, 0.15) is 37.0 Å². The Balaban J connectivity index is 1.17. The molecule has 2 aliphatic heterocycles. The number of hydrogen-bond donors (Lipinski definition) is 4. The number of fused-ring (bicyclic) bond motifs is 2. The predicted octanol–water partition coefficient (Wildman–Crippen LogP) is 2.35. The summed E-state index contributed by atoms with van der Waals surface area (Å²) in [7, 11) is 0. The molecule has 5 rings (SSSR count). The van der Waals surface area contributed by atoms with Crippen molar-refractivity contribution in [2.75, 3.05) is 25.1 Å². The summed E-state index contributed by atoms with van der Waals surface area (Å²) < 4.78 is 23.8. The summed E-state index contributed by atoms with van der Waals surface area (Å²) >= 11 is 0. The molecule has 0 saturated carbocycles. The highest BCUT2D eigenvalue weighted by Crippen LogP contribution is 2.45. The summed E-state index contributed by atoms with van der Waals surface area (Å²) in [4.78, 5) is 28.7. The van der Waals surface area contributed by atoms with Crippen LogP contribution in [0.3, 0.4) is 0 Å². The zero-order valence-electron chi connectivity index (χ0n) is 20.6. The summed E-state index contributed by atoms with van der Waals surface area (Å²) in [6.45, 7) is 2.17. The van der Waals surface area contributed by atoms with Crippen LogP contribution in [0.25, 0.3) is 0 Å². The van der Waals surface area contributed by atoms with Crippen molar-refractivity contribution >= 4 is 17.6 Å². The Morgan fingerprint density at radius 2 is 2.05 bits per heavy atom. The number of aliphatic hydroxyl groups is 2. The number of benzene rings is 2. The average Bonchev–Trinajstić information content (AvgIpc) is 3.29. The van der Waals surface area contributed by atoms with Crippen molar-refractivity contribution in [3.05, 3.63) is 70.3 Å². The van der Waals surface area contributed by atoms with E-state index in [9.17, 15) is 19.8 Å². The Morgan fingerprint density at radius 1 is 1.24 bits per heavy atom. The lowest BCUT2D eigenvalue weighted by molar-refractivity contribution is -0.0459. The van der Waals surface area contributed by atoms with E-state index in [1.807, 2.05) is 31.2 Å². The van der Waals surface area contributed by atoms with E-state index in [4.69, 9.17) is 18.9 Å². The number of carbonyl (C=O) groups excluding carboxylic acids is 1. The van der Waals surface area contributed by atoms with E-state index in [1.165, 1.54) is 10.8 Å². The summed E-state index contributed by atoms with van der Waals surface area (Å²) in [5.41, 5.74) is 1.91. The quantitative estimate of drug-likeness (QED) is 0.253. The summed E-state index contributed by atoms with van der Waals surface area (Å²) in [6.07, 6.45) is -1.39. The molecule has 1 amide bonds. The lowest BCUT2D eigenvalue weighted by Crippen LogP contribution is -2.29. The molecular formula is C26H28N4O8. The van der Waals surface area contributed by atoms with Crippen molar-refractivity contribution in [1.82, 2.24) is 14.9 Å². The van der Waals surface area contributed by atoms with Gasteiger partial charge in [0.05, 0.1) is 25.5 Å². The molecule has 3 aromatic rings. The van der Waals surface area contributed by atoms with Crippen LogP contribution < -0.4 is 25.8 Å². The van der Waals surface area contributed by atoms with Crippen molar-refractivity contribution < 1.29 is 34.0 Å². The Bertz CT molecular complexity index is 1360. The molecule has 3 atom stereocenters. The lowest BCUT2D eigenvalue weighted by atomic mass is 10.2. The van der Waals surface area contributed by atoms with Crippen molar-refractivity contribution in [1.29, 1.82) is 0 Å². The number of amides is 1. The first kappa shape index (κ1) is 25.5. The number of aliphatic hydroxyl groups excluding tert-OH is 2. The van der Waals surface area contributed by atoms with E-state index in [0.717, 1.165) is 11.1 Å². The van der Waals surface area contributed by atoms with Gasteiger partial charge in [-0.15, -0.1) is 0 Å². The van der Waals surface area contributed by atoms with Gasteiger partial charge >= 0.3 is 11.8 Å². The van der Waals surface area contributed by atoms with Crippen molar-refractivity contribution in [2.24, 2.45) is 0 Å². The minimum absolute atomic E-state index is 0.140. The summed E-state index contributed by atoms with van der Waals surface area (Å²) in [5, 5.41) is 25.0. The molecule has 38 heavy (non-hydrogen) atoms. The van der Waals surface area contributed by atoms with Gasteiger partial charge in [0, 0.05) is 6.42 Å². The first-order valence-electron chi connectivity index (χ1n) is 12.2. The van der Waals surface area contributed by atoms with Crippen LogP contribution in [0.1, 0.15) is 23.8 Å². The molecule has 12 heteroatoms. The number of hydrogen-bond acceptors (Lipinski definition) is 10. The zero-order valence-corrected chi connectivity index (χ0v) is 20.6. The second-order valence-corrected chi connectivity index (χ2v) is 8.95. The third-order valence-electron chi connectivity index (χ3n) is 6.18. The highest BCUT2D eigenvalue weighted by Gasteiger charge is 2.36. The maximum atomic E-state index is 12.7. The highest BCUT2D eigenvalue weighted by molar-refractivity contribution is 5.77. The van der Waals surface area contributed by atoms with Crippen LogP contribution in [0.4, 0.5) is 16.3 Å². The van der Waals surface area contributed by atoms with Gasteiger partial charge in [-0.25, -0.2) is 9.59 Å². The molecule has 0 unspecified atom stereocenters. The second-order valence-electron chi connectivity index (χ2n) is 8.95. The topological polar surface area (TPSA) is 153 Å². The Hall–Kier alpha value is -4.13. The number of carbonyl (C=O) groups is 1. The molecule has 0 aliphatic carbocycles. The van der Waals surface area contributed by atoms with E-state index in [2.05, 4.69) is 15.6 Å². The molecule has 3 heterocycles. The molecule has 4 N–H and O–H groups in total. The molecule has 0 radical (unpaired) electrons. The molecule has 1 fully saturated rings. The zero-order chi connectivity index (χ0) is 26.6. The van der Waals surface area contributed by atoms with E-state index < -0.39 is 30.2 Å². The number of aryl methyl sites for hydroxylation is 1. The minimum atomic E-state index is -0.892. The van der Waals surface area contributed by atoms with Crippen LogP contribution in [0, 0.1) is 6.92 Å². The van der Waals surface area contributed by atoms with Gasteiger partial charge in [-0.05, 0) is 24.6 Å². The van der Waals surface area contributed by atoms with Crippen LogP contribution in [-0.4, -0.2) is 57.8 Å². The summed E-state index contributed by atoms with van der Waals surface area (Å²) in [5.74, 6) is 1.39.